The van der Waals surface area contributed by atoms with E-state index in [1.165, 1.54) is 36.0 Å². The van der Waals surface area contributed by atoms with Crippen LogP contribution in [0.25, 0.3) is 6.08 Å². The van der Waals surface area contributed by atoms with Crippen LogP contribution >= 0.6 is 46.6 Å². The summed E-state index contributed by atoms with van der Waals surface area (Å²) in [6.07, 6.45) is 1.41. The van der Waals surface area contributed by atoms with Gasteiger partial charge in [0.05, 0.1) is 21.5 Å². The average molecular weight is 669 g/mol. The minimum Gasteiger partial charge on any atom is -0.478 e. The lowest BCUT2D eigenvalue weighted by molar-refractivity contribution is -0.115. The fourth-order valence-electron chi connectivity index (χ4n) is 3.80. The zero-order valence-corrected chi connectivity index (χ0v) is 26.0. The molecule has 224 valence electrons. The summed E-state index contributed by atoms with van der Waals surface area (Å²) in [6.45, 7) is 1.69. The fraction of sp³-hybridized carbons (Fsp3) is 0.0625. The Kier molecular flexibility index (Phi) is 11.1. The summed E-state index contributed by atoms with van der Waals surface area (Å²) in [6, 6.07) is 24.1. The van der Waals surface area contributed by atoms with E-state index < -0.39 is 23.0 Å². The molecule has 4 aromatic rings. The number of anilines is 2. The third-order valence-corrected chi connectivity index (χ3v) is 8.18. The lowest BCUT2D eigenvalue weighted by atomic mass is 10.1. The molecule has 0 fully saturated rings. The number of hydrogen-bond donors (Lipinski definition) is 4. The van der Waals surface area contributed by atoms with Crippen LogP contribution in [0.4, 0.5) is 11.4 Å². The van der Waals surface area contributed by atoms with Gasteiger partial charge in [0.15, 0.2) is 0 Å². The molecule has 0 saturated carbocycles. The van der Waals surface area contributed by atoms with E-state index in [2.05, 4.69) is 16.0 Å². The first kappa shape index (κ1) is 32.6. The van der Waals surface area contributed by atoms with E-state index >= 15 is 0 Å². The number of hydrogen-bond acceptors (Lipinski definition) is 5. The van der Waals surface area contributed by atoms with Crippen LogP contribution in [0.2, 0.25) is 15.1 Å². The normalized spacial score (nSPS) is 11.8. The van der Waals surface area contributed by atoms with Crippen LogP contribution in [0, 0.1) is 0 Å². The van der Waals surface area contributed by atoms with E-state index in [4.69, 9.17) is 34.8 Å². The molecule has 0 aliphatic rings. The maximum atomic E-state index is 13.3. The Bertz CT molecular complexity index is 1730. The summed E-state index contributed by atoms with van der Waals surface area (Å²) in [4.78, 5) is 51.0. The molecule has 4 N–H and O–H groups in total. The summed E-state index contributed by atoms with van der Waals surface area (Å²) in [5.74, 6) is -2.62. The Morgan fingerprint density at radius 2 is 1.43 bits per heavy atom. The average Bonchev–Trinajstić information content (AvgIpc) is 3.00. The molecule has 0 spiro atoms. The van der Waals surface area contributed by atoms with Gasteiger partial charge in [0.1, 0.15) is 5.70 Å². The molecule has 44 heavy (non-hydrogen) atoms. The van der Waals surface area contributed by atoms with Crippen molar-refractivity contribution in [2.24, 2.45) is 0 Å². The van der Waals surface area contributed by atoms with Crippen molar-refractivity contribution in [2.45, 2.75) is 17.1 Å². The second kappa shape index (κ2) is 14.9. The summed E-state index contributed by atoms with van der Waals surface area (Å²) in [5.41, 5.74) is 1.26. The van der Waals surface area contributed by atoms with Gasteiger partial charge in [-0.25, -0.2) is 4.79 Å². The minimum absolute atomic E-state index is 0.00441. The second-order valence-corrected chi connectivity index (χ2v) is 11.9. The van der Waals surface area contributed by atoms with Crippen LogP contribution in [0.1, 0.15) is 33.2 Å². The number of rotatable bonds is 10. The molecule has 0 saturated heterocycles. The maximum absolute atomic E-state index is 13.3. The smallest absolute Gasteiger partial charge is 0.335 e. The number of carbonyl (C=O) groups excluding carboxylic acids is 3. The zero-order valence-electron chi connectivity index (χ0n) is 22.9. The van der Waals surface area contributed by atoms with E-state index in [1.54, 1.807) is 79.7 Å². The number of amides is 3. The van der Waals surface area contributed by atoms with Crippen LogP contribution in [0.3, 0.4) is 0 Å². The van der Waals surface area contributed by atoms with Gasteiger partial charge in [-0.2, -0.15) is 0 Å². The lowest BCUT2D eigenvalue weighted by Gasteiger charge is -2.14. The maximum Gasteiger partial charge on any atom is 0.335 e. The highest BCUT2D eigenvalue weighted by molar-refractivity contribution is 8.00. The molecule has 8 nitrogen and oxygen atoms in total. The van der Waals surface area contributed by atoms with Gasteiger partial charge in [-0.05, 0) is 79.7 Å². The summed E-state index contributed by atoms with van der Waals surface area (Å²) in [7, 11) is 0. The van der Waals surface area contributed by atoms with Crippen LogP contribution in [0.5, 0.6) is 0 Å². The molecular formula is C32H24Cl3N3O5S. The van der Waals surface area contributed by atoms with Crippen molar-refractivity contribution in [1.29, 1.82) is 0 Å². The highest BCUT2D eigenvalue weighted by Crippen LogP contribution is 2.29. The molecule has 0 aliphatic heterocycles. The molecule has 12 heteroatoms. The van der Waals surface area contributed by atoms with Crippen LogP contribution in [-0.4, -0.2) is 34.0 Å². The molecule has 1 unspecified atom stereocenters. The van der Waals surface area contributed by atoms with Crippen molar-refractivity contribution in [2.75, 3.05) is 10.6 Å². The first-order valence-corrected chi connectivity index (χ1v) is 15.0. The number of aromatic carboxylic acids is 1. The topological polar surface area (TPSA) is 125 Å². The van der Waals surface area contributed by atoms with E-state index in [1.807, 2.05) is 0 Å². The number of carboxylic acid groups (broad SMARTS) is 1. The minimum atomic E-state index is -1.14. The summed E-state index contributed by atoms with van der Waals surface area (Å²) < 4.78 is 0. The van der Waals surface area contributed by atoms with Gasteiger partial charge in [0, 0.05) is 31.8 Å². The largest absolute Gasteiger partial charge is 0.478 e. The molecule has 0 radical (unpaired) electrons. The van der Waals surface area contributed by atoms with Crippen molar-refractivity contribution < 1.29 is 24.3 Å². The van der Waals surface area contributed by atoms with Gasteiger partial charge in [-0.1, -0.05) is 59.1 Å². The number of halogens is 3. The third kappa shape index (κ3) is 8.64. The number of carboxylic acids is 1. The van der Waals surface area contributed by atoms with E-state index in [0.717, 1.165) is 4.90 Å². The number of nitrogens with one attached hydrogen (secondary N) is 3. The first-order valence-electron chi connectivity index (χ1n) is 13.0. The standard InChI is InChI=1S/C32H24Cl3N3O5S/c1-18(29(39)37-27-16-20(32(42)43)10-15-26(27)35)44-22-13-11-21(12-14-22)36-31(41)28(17-23-24(33)8-5-9-25(23)34)38-30(40)19-6-3-2-4-7-19/h2-18H,1H3,(H,36,41)(H,37,39)(H,38,40)(H,42,43)/b28-17-. The highest BCUT2D eigenvalue weighted by atomic mass is 35.5. The molecular weight excluding hydrogens is 645 g/mol. The van der Waals surface area contributed by atoms with Gasteiger partial charge < -0.3 is 21.1 Å². The van der Waals surface area contributed by atoms with Gasteiger partial charge >= 0.3 is 5.97 Å². The van der Waals surface area contributed by atoms with Crippen molar-refractivity contribution in [1.82, 2.24) is 5.32 Å². The van der Waals surface area contributed by atoms with Gasteiger partial charge in [-0.3, -0.25) is 14.4 Å². The van der Waals surface area contributed by atoms with Crippen molar-refractivity contribution in [3.05, 3.63) is 128 Å². The van der Waals surface area contributed by atoms with E-state index in [9.17, 15) is 24.3 Å². The summed E-state index contributed by atoms with van der Waals surface area (Å²) in [5, 5.41) is 17.5. The van der Waals surface area contributed by atoms with E-state index in [0.29, 0.717) is 26.9 Å². The quantitative estimate of drug-likeness (QED) is 0.101. The Morgan fingerprint density at radius 1 is 0.773 bits per heavy atom. The third-order valence-electron chi connectivity index (χ3n) is 6.08. The fourth-order valence-corrected chi connectivity index (χ4v) is 5.34. The first-order chi connectivity index (χ1) is 21.0. The highest BCUT2D eigenvalue weighted by Gasteiger charge is 2.19. The summed E-state index contributed by atoms with van der Waals surface area (Å²) >= 11 is 20.0. The number of thioether (sulfide) groups is 1. The van der Waals surface area contributed by atoms with Crippen LogP contribution in [-0.2, 0) is 9.59 Å². The monoisotopic (exact) mass is 667 g/mol. The zero-order chi connectivity index (χ0) is 31.8. The lowest BCUT2D eigenvalue weighted by Crippen LogP contribution is -2.30. The van der Waals surface area contributed by atoms with Crippen LogP contribution in [0.15, 0.2) is 102 Å². The number of benzene rings is 4. The SMILES string of the molecule is CC(Sc1ccc(NC(=O)/C(=C/c2c(Cl)cccc2Cl)NC(=O)c2ccccc2)cc1)C(=O)Nc1cc(C(=O)O)ccc1Cl. The molecule has 0 heterocycles. The Balaban J connectivity index is 1.46. The van der Waals surface area contributed by atoms with Gasteiger partial charge in [0.25, 0.3) is 11.8 Å². The predicted octanol–water partition coefficient (Wildman–Crippen LogP) is 7.87. The van der Waals surface area contributed by atoms with E-state index in [-0.39, 0.29) is 27.9 Å². The Morgan fingerprint density at radius 3 is 2.07 bits per heavy atom. The molecule has 4 rings (SSSR count). The molecule has 3 amide bonds. The molecule has 0 aliphatic carbocycles. The van der Waals surface area contributed by atoms with Crippen molar-refractivity contribution >= 4 is 87.7 Å². The molecule has 0 bridgehead atoms. The van der Waals surface area contributed by atoms with Gasteiger partial charge in [0.2, 0.25) is 5.91 Å². The predicted molar refractivity (Wildman–Crippen MR) is 176 cm³/mol. The Hall–Kier alpha value is -4.28. The molecule has 4 aromatic carbocycles. The van der Waals surface area contributed by atoms with Crippen molar-refractivity contribution in [3.63, 3.8) is 0 Å². The van der Waals surface area contributed by atoms with Crippen molar-refractivity contribution in [3.8, 4) is 0 Å². The molecule has 1 atom stereocenters. The second-order valence-electron chi connectivity index (χ2n) is 9.24. The molecule has 0 aromatic heterocycles. The number of carbonyl (C=O) groups is 4. The van der Waals surface area contributed by atoms with Crippen LogP contribution < -0.4 is 16.0 Å². The Labute approximate surface area is 272 Å². The van der Waals surface area contributed by atoms with Gasteiger partial charge in [-0.15, -0.1) is 11.8 Å².